The van der Waals surface area contributed by atoms with E-state index < -0.39 is 0 Å². The van der Waals surface area contributed by atoms with E-state index in [9.17, 15) is 9.18 Å². The Morgan fingerprint density at radius 3 is 2.92 bits per heavy atom. The molecule has 138 valence electrons. The summed E-state index contributed by atoms with van der Waals surface area (Å²) >= 11 is 0. The van der Waals surface area contributed by atoms with E-state index in [4.69, 9.17) is 0 Å². The predicted octanol–water partition coefficient (Wildman–Crippen LogP) is 2.49. The van der Waals surface area contributed by atoms with Gasteiger partial charge >= 0.3 is 0 Å². The first kappa shape index (κ1) is 18.3. The van der Waals surface area contributed by atoms with Gasteiger partial charge in [0.1, 0.15) is 5.82 Å². The minimum absolute atomic E-state index is 0.0660. The summed E-state index contributed by atoms with van der Waals surface area (Å²) < 4.78 is 15.2. The van der Waals surface area contributed by atoms with E-state index in [0.717, 1.165) is 38.2 Å². The SMILES string of the molecule is C=CCn1cc(CN2CCCN(C(=O)Cc3cccc(F)c3)CC2)cn1. The molecule has 0 atom stereocenters. The quantitative estimate of drug-likeness (QED) is 0.747. The number of aromatic nitrogens is 2. The number of allylic oxidation sites excluding steroid dienone is 1. The topological polar surface area (TPSA) is 41.4 Å². The van der Waals surface area contributed by atoms with Crippen LogP contribution in [-0.2, 0) is 24.3 Å². The number of carbonyl (C=O) groups is 1. The first-order chi connectivity index (χ1) is 12.6. The van der Waals surface area contributed by atoms with Crippen molar-refractivity contribution >= 4 is 5.91 Å². The van der Waals surface area contributed by atoms with Gasteiger partial charge in [-0.15, -0.1) is 6.58 Å². The molecule has 0 saturated carbocycles. The van der Waals surface area contributed by atoms with Crippen LogP contribution in [0.4, 0.5) is 4.39 Å². The normalized spacial score (nSPS) is 15.7. The molecule has 1 aromatic carbocycles. The Kier molecular flexibility index (Phi) is 6.17. The molecule has 0 N–H and O–H groups in total. The molecule has 1 aromatic heterocycles. The maximum absolute atomic E-state index is 13.3. The molecular formula is C20H25FN4O. The zero-order valence-electron chi connectivity index (χ0n) is 15.0. The highest BCUT2D eigenvalue weighted by atomic mass is 19.1. The van der Waals surface area contributed by atoms with Crippen LogP contribution in [0.1, 0.15) is 17.5 Å². The smallest absolute Gasteiger partial charge is 0.227 e. The van der Waals surface area contributed by atoms with Crippen LogP contribution in [0.25, 0.3) is 0 Å². The van der Waals surface area contributed by atoms with E-state index in [1.165, 1.54) is 17.7 Å². The number of nitrogens with zero attached hydrogens (tertiary/aromatic N) is 4. The lowest BCUT2D eigenvalue weighted by atomic mass is 10.1. The van der Waals surface area contributed by atoms with Crippen LogP contribution in [0, 0.1) is 5.82 Å². The number of hydrogen-bond donors (Lipinski definition) is 0. The molecule has 26 heavy (non-hydrogen) atoms. The number of carbonyl (C=O) groups excluding carboxylic acids is 1. The average molecular weight is 356 g/mol. The Morgan fingerprint density at radius 2 is 2.12 bits per heavy atom. The fourth-order valence-electron chi connectivity index (χ4n) is 3.29. The fourth-order valence-corrected chi connectivity index (χ4v) is 3.29. The summed E-state index contributed by atoms with van der Waals surface area (Å²) in [6.07, 6.45) is 6.95. The molecule has 1 aliphatic rings. The van der Waals surface area contributed by atoms with E-state index in [0.29, 0.717) is 13.1 Å². The van der Waals surface area contributed by atoms with E-state index in [1.54, 1.807) is 12.1 Å². The molecule has 3 rings (SSSR count). The molecule has 2 heterocycles. The largest absolute Gasteiger partial charge is 0.341 e. The van der Waals surface area contributed by atoms with Crippen LogP contribution in [0.5, 0.6) is 0 Å². The zero-order chi connectivity index (χ0) is 18.4. The third-order valence-electron chi connectivity index (χ3n) is 4.59. The lowest BCUT2D eigenvalue weighted by molar-refractivity contribution is -0.130. The fraction of sp³-hybridized carbons (Fsp3) is 0.400. The summed E-state index contributed by atoms with van der Waals surface area (Å²) in [6, 6.07) is 6.28. The van der Waals surface area contributed by atoms with Crippen molar-refractivity contribution in [2.24, 2.45) is 0 Å². The first-order valence-electron chi connectivity index (χ1n) is 9.01. The zero-order valence-corrected chi connectivity index (χ0v) is 15.0. The second-order valence-corrected chi connectivity index (χ2v) is 6.68. The summed E-state index contributed by atoms with van der Waals surface area (Å²) in [5.74, 6) is -0.231. The highest BCUT2D eigenvalue weighted by Crippen LogP contribution is 2.11. The molecule has 5 nitrogen and oxygen atoms in total. The van der Waals surface area contributed by atoms with Crippen LogP contribution in [-0.4, -0.2) is 51.7 Å². The molecule has 0 aliphatic carbocycles. The maximum Gasteiger partial charge on any atom is 0.227 e. The molecule has 1 amide bonds. The van der Waals surface area contributed by atoms with Crippen LogP contribution in [0.15, 0.2) is 49.3 Å². The Hall–Kier alpha value is -2.47. The number of hydrogen-bond acceptors (Lipinski definition) is 3. The van der Waals surface area contributed by atoms with Crippen LogP contribution >= 0.6 is 0 Å². The van der Waals surface area contributed by atoms with Gasteiger partial charge in [0.2, 0.25) is 5.91 Å². The molecule has 2 aromatic rings. The van der Waals surface area contributed by atoms with E-state index in [2.05, 4.69) is 16.6 Å². The van der Waals surface area contributed by atoms with Gasteiger partial charge < -0.3 is 4.90 Å². The molecule has 1 aliphatic heterocycles. The summed E-state index contributed by atoms with van der Waals surface area (Å²) in [4.78, 5) is 16.8. The van der Waals surface area contributed by atoms with Gasteiger partial charge in [0.05, 0.1) is 19.2 Å². The van der Waals surface area contributed by atoms with Crippen molar-refractivity contribution in [3.8, 4) is 0 Å². The monoisotopic (exact) mass is 356 g/mol. The van der Waals surface area contributed by atoms with Gasteiger partial charge in [0.15, 0.2) is 0 Å². The molecule has 0 bridgehead atoms. The van der Waals surface area contributed by atoms with Gasteiger partial charge in [-0.1, -0.05) is 18.2 Å². The Morgan fingerprint density at radius 1 is 1.23 bits per heavy atom. The summed E-state index contributed by atoms with van der Waals surface area (Å²) in [5.41, 5.74) is 1.90. The number of amides is 1. The van der Waals surface area contributed by atoms with Crippen LogP contribution < -0.4 is 0 Å². The minimum Gasteiger partial charge on any atom is -0.341 e. The second-order valence-electron chi connectivity index (χ2n) is 6.68. The summed E-state index contributed by atoms with van der Waals surface area (Å²) in [7, 11) is 0. The van der Waals surface area contributed by atoms with Crippen molar-refractivity contribution in [3.05, 3.63) is 66.3 Å². The Balaban J connectivity index is 1.52. The number of benzene rings is 1. The van der Waals surface area contributed by atoms with Crippen LogP contribution in [0.2, 0.25) is 0 Å². The van der Waals surface area contributed by atoms with Crippen molar-refractivity contribution in [3.63, 3.8) is 0 Å². The lowest BCUT2D eigenvalue weighted by Gasteiger charge is -2.21. The van der Waals surface area contributed by atoms with Gasteiger partial charge in [0.25, 0.3) is 0 Å². The van der Waals surface area contributed by atoms with E-state index in [-0.39, 0.29) is 18.1 Å². The average Bonchev–Trinajstić information content (AvgIpc) is 2.91. The van der Waals surface area contributed by atoms with Gasteiger partial charge in [-0.05, 0) is 24.1 Å². The highest BCUT2D eigenvalue weighted by Gasteiger charge is 2.19. The van der Waals surface area contributed by atoms with Crippen LogP contribution in [0.3, 0.4) is 0 Å². The maximum atomic E-state index is 13.3. The summed E-state index contributed by atoms with van der Waals surface area (Å²) in [6.45, 7) is 8.51. The third-order valence-corrected chi connectivity index (χ3v) is 4.59. The van der Waals surface area contributed by atoms with Gasteiger partial charge in [-0.3, -0.25) is 14.4 Å². The predicted molar refractivity (Wildman–Crippen MR) is 99.0 cm³/mol. The molecule has 0 unspecified atom stereocenters. The minimum atomic E-state index is -0.297. The second kappa shape index (κ2) is 8.76. The molecule has 0 spiro atoms. The van der Waals surface area contributed by atoms with Crippen molar-refractivity contribution in [2.45, 2.75) is 25.9 Å². The highest BCUT2D eigenvalue weighted by molar-refractivity contribution is 5.78. The van der Waals surface area contributed by atoms with E-state index >= 15 is 0 Å². The molecule has 0 radical (unpaired) electrons. The summed E-state index contributed by atoms with van der Waals surface area (Å²) in [5, 5.41) is 4.32. The molecule has 6 heteroatoms. The lowest BCUT2D eigenvalue weighted by Crippen LogP contribution is -2.36. The number of halogens is 1. The van der Waals surface area contributed by atoms with Gasteiger partial charge in [0, 0.05) is 44.5 Å². The third kappa shape index (κ3) is 5.02. The molecule has 1 fully saturated rings. The van der Waals surface area contributed by atoms with E-state index in [1.807, 2.05) is 28.1 Å². The van der Waals surface area contributed by atoms with Gasteiger partial charge in [-0.25, -0.2) is 4.39 Å². The first-order valence-corrected chi connectivity index (χ1v) is 9.01. The van der Waals surface area contributed by atoms with Crippen molar-refractivity contribution < 1.29 is 9.18 Å². The van der Waals surface area contributed by atoms with Crippen molar-refractivity contribution in [1.82, 2.24) is 19.6 Å². The Labute approximate surface area is 153 Å². The molecular weight excluding hydrogens is 331 g/mol. The van der Waals surface area contributed by atoms with Crippen molar-refractivity contribution in [1.29, 1.82) is 0 Å². The molecule has 1 saturated heterocycles. The standard InChI is InChI=1S/C20H25FN4O/c1-2-7-25-16-18(14-22-25)15-23-8-4-9-24(11-10-23)20(26)13-17-5-3-6-19(21)12-17/h2-3,5-6,12,14,16H,1,4,7-11,13,15H2. The number of rotatable bonds is 6. The van der Waals surface area contributed by atoms with Gasteiger partial charge in [-0.2, -0.15) is 5.10 Å². The Bertz CT molecular complexity index is 758. The van der Waals surface area contributed by atoms with Crippen molar-refractivity contribution in [2.75, 3.05) is 26.2 Å².